The van der Waals surface area contributed by atoms with Gasteiger partial charge in [0, 0.05) is 37.5 Å². The third kappa shape index (κ3) is 3.82. The molecule has 1 aliphatic carbocycles. The van der Waals surface area contributed by atoms with Gasteiger partial charge >= 0.3 is 0 Å². The maximum absolute atomic E-state index is 12.0. The van der Waals surface area contributed by atoms with Crippen LogP contribution in [0.15, 0.2) is 28.7 Å². The van der Waals surface area contributed by atoms with E-state index >= 15 is 0 Å². The van der Waals surface area contributed by atoms with Gasteiger partial charge in [-0.05, 0) is 30.0 Å². The molecule has 1 aromatic carbocycles. The Morgan fingerprint density at radius 2 is 2.15 bits per heavy atom. The van der Waals surface area contributed by atoms with Gasteiger partial charge in [0.2, 0.25) is 11.8 Å². The van der Waals surface area contributed by atoms with Gasteiger partial charge in [-0.2, -0.15) is 0 Å². The zero-order valence-corrected chi connectivity index (χ0v) is 13.3. The third-order valence-electron chi connectivity index (χ3n) is 3.54. The van der Waals surface area contributed by atoms with Gasteiger partial charge in [0.25, 0.3) is 0 Å². The standard InChI is InChI=1S/C15H19BrN2O2/c1-18(2)14(19)6-7-17-15(20)13-9-12(13)10-4-3-5-11(16)8-10/h3-5,8,12-13H,6-7,9H2,1-2H3,(H,17,20)/t12-,13+/m0/s1. The lowest BCUT2D eigenvalue weighted by atomic mass is 10.1. The highest BCUT2D eigenvalue weighted by atomic mass is 79.9. The molecule has 1 aliphatic rings. The van der Waals surface area contributed by atoms with Crippen LogP contribution in [0.1, 0.15) is 24.3 Å². The molecule has 1 N–H and O–H groups in total. The van der Waals surface area contributed by atoms with Crippen molar-refractivity contribution in [3.8, 4) is 0 Å². The van der Waals surface area contributed by atoms with E-state index in [1.165, 1.54) is 10.5 Å². The molecule has 0 heterocycles. The van der Waals surface area contributed by atoms with Crippen LogP contribution in [-0.2, 0) is 9.59 Å². The summed E-state index contributed by atoms with van der Waals surface area (Å²) in [7, 11) is 3.43. The predicted octanol–water partition coefficient (Wildman–Crippen LogP) is 2.15. The molecule has 2 atom stereocenters. The van der Waals surface area contributed by atoms with Crippen LogP contribution in [0, 0.1) is 5.92 Å². The predicted molar refractivity (Wildman–Crippen MR) is 81.3 cm³/mol. The fraction of sp³-hybridized carbons (Fsp3) is 0.467. The Bertz CT molecular complexity index is 516. The van der Waals surface area contributed by atoms with E-state index in [9.17, 15) is 9.59 Å². The van der Waals surface area contributed by atoms with Crippen LogP contribution >= 0.6 is 15.9 Å². The smallest absolute Gasteiger partial charge is 0.223 e. The number of nitrogens with one attached hydrogen (secondary N) is 1. The second kappa shape index (κ2) is 6.39. The van der Waals surface area contributed by atoms with Crippen molar-refractivity contribution in [2.75, 3.05) is 20.6 Å². The molecule has 5 heteroatoms. The number of hydrogen-bond donors (Lipinski definition) is 1. The highest BCUT2D eigenvalue weighted by Gasteiger charge is 2.43. The van der Waals surface area contributed by atoms with Crippen molar-refractivity contribution in [1.82, 2.24) is 10.2 Å². The van der Waals surface area contributed by atoms with Gasteiger partial charge in [0.15, 0.2) is 0 Å². The highest BCUT2D eigenvalue weighted by Crippen LogP contribution is 2.47. The summed E-state index contributed by atoms with van der Waals surface area (Å²) < 4.78 is 1.04. The van der Waals surface area contributed by atoms with Gasteiger partial charge in [-0.25, -0.2) is 0 Å². The van der Waals surface area contributed by atoms with E-state index in [0.717, 1.165) is 10.9 Å². The first-order chi connectivity index (χ1) is 9.49. The summed E-state index contributed by atoms with van der Waals surface area (Å²) in [5, 5.41) is 2.85. The van der Waals surface area contributed by atoms with E-state index in [1.807, 2.05) is 12.1 Å². The topological polar surface area (TPSA) is 49.4 Å². The minimum Gasteiger partial charge on any atom is -0.355 e. The second-order valence-corrected chi connectivity index (χ2v) is 6.25. The minimum atomic E-state index is 0.0321. The second-order valence-electron chi connectivity index (χ2n) is 5.33. The zero-order valence-electron chi connectivity index (χ0n) is 11.7. The Balaban J connectivity index is 1.77. The first kappa shape index (κ1) is 15.0. The van der Waals surface area contributed by atoms with E-state index in [-0.39, 0.29) is 17.7 Å². The molecule has 0 spiro atoms. The van der Waals surface area contributed by atoms with Gasteiger partial charge < -0.3 is 10.2 Å². The van der Waals surface area contributed by atoms with Gasteiger partial charge in [0.05, 0.1) is 0 Å². The molecule has 1 fully saturated rings. The number of hydrogen-bond acceptors (Lipinski definition) is 2. The summed E-state index contributed by atoms with van der Waals surface area (Å²) >= 11 is 3.44. The summed E-state index contributed by atoms with van der Waals surface area (Å²) in [6.07, 6.45) is 1.25. The molecule has 108 valence electrons. The average molecular weight is 339 g/mol. The molecule has 0 saturated heterocycles. The number of nitrogens with zero attached hydrogens (tertiary/aromatic N) is 1. The van der Waals surface area contributed by atoms with Crippen LogP contribution in [0.5, 0.6) is 0 Å². The summed E-state index contributed by atoms with van der Waals surface area (Å²) in [6.45, 7) is 0.414. The summed E-state index contributed by atoms with van der Waals surface area (Å²) in [6, 6.07) is 8.09. The first-order valence-corrected chi connectivity index (χ1v) is 7.51. The van der Waals surface area contributed by atoms with Crippen molar-refractivity contribution in [3.05, 3.63) is 34.3 Å². The summed E-state index contributed by atoms with van der Waals surface area (Å²) in [5.41, 5.74) is 1.20. The monoisotopic (exact) mass is 338 g/mol. The lowest BCUT2D eigenvalue weighted by molar-refractivity contribution is -0.128. The van der Waals surface area contributed by atoms with Crippen molar-refractivity contribution in [2.24, 2.45) is 5.92 Å². The van der Waals surface area contributed by atoms with Crippen molar-refractivity contribution < 1.29 is 9.59 Å². The van der Waals surface area contributed by atoms with E-state index in [1.54, 1.807) is 14.1 Å². The molecule has 0 bridgehead atoms. The number of carbonyl (C=O) groups is 2. The van der Waals surface area contributed by atoms with Crippen LogP contribution in [0.25, 0.3) is 0 Å². The van der Waals surface area contributed by atoms with Crippen molar-refractivity contribution >= 4 is 27.7 Å². The SMILES string of the molecule is CN(C)C(=O)CCNC(=O)[C@@H]1C[C@H]1c1cccc(Br)c1. The van der Waals surface area contributed by atoms with E-state index < -0.39 is 0 Å². The van der Waals surface area contributed by atoms with Gasteiger partial charge in [-0.1, -0.05) is 28.1 Å². The quantitative estimate of drug-likeness (QED) is 0.894. The fourth-order valence-corrected chi connectivity index (χ4v) is 2.65. The lowest BCUT2D eigenvalue weighted by Crippen LogP contribution is -2.31. The molecule has 0 aliphatic heterocycles. The van der Waals surface area contributed by atoms with Crippen molar-refractivity contribution in [2.45, 2.75) is 18.8 Å². The average Bonchev–Trinajstić information content (AvgIpc) is 3.18. The van der Waals surface area contributed by atoms with E-state index in [0.29, 0.717) is 18.9 Å². The molecule has 0 unspecified atom stereocenters. The minimum absolute atomic E-state index is 0.0321. The third-order valence-corrected chi connectivity index (χ3v) is 4.03. The molecule has 0 radical (unpaired) electrons. The number of carbonyl (C=O) groups excluding carboxylic acids is 2. The maximum Gasteiger partial charge on any atom is 0.223 e. The van der Waals surface area contributed by atoms with Crippen LogP contribution in [0.3, 0.4) is 0 Å². The number of benzene rings is 1. The molecular weight excluding hydrogens is 320 g/mol. The molecule has 1 saturated carbocycles. The van der Waals surface area contributed by atoms with Crippen molar-refractivity contribution in [1.29, 1.82) is 0 Å². The largest absolute Gasteiger partial charge is 0.355 e. The molecule has 20 heavy (non-hydrogen) atoms. The van der Waals surface area contributed by atoms with Gasteiger partial charge in [0.1, 0.15) is 0 Å². The Morgan fingerprint density at radius 1 is 1.40 bits per heavy atom. The Labute approximate surface area is 127 Å². The van der Waals surface area contributed by atoms with Crippen LogP contribution in [0.2, 0.25) is 0 Å². The lowest BCUT2D eigenvalue weighted by Gasteiger charge is -2.10. The zero-order chi connectivity index (χ0) is 14.7. The van der Waals surface area contributed by atoms with Gasteiger partial charge in [-0.3, -0.25) is 9.59 Å². The van der Waals surface area contributed by atoms with Gasteiger partial charge in [-0.15, -0.1) is 0 Å². The highest BCUT2D eigenvalue weighted by molar-refractivity contribution is 9.10. The number of amides is 2. The Kier molecular flexibility index (Phi) is 4.81. The molecule has 1 aromatic rings. The molecule has 2 amide bonds. The molecule has 0 aromatic heterocycles. The molecule has 2 rings (SSSR count). The summed E-state index contributed by atoms with van der Waals surface area (Å²) in [5.74, 6) is 0.460. The van der Waals surface area contributed by atoms with E-state index in [4.69, 9.17) is 0 Å². The number of rotatable bonds is 5. The molecular formula is C15H19BrN2O2. The number of halogens is 1. The van der Waals surface area contributed by atoms with Crippen molar-refractivity contribution in [3.63, 3.8) is 0 Å². The first-order valence-electron chi connectivity index (χ1n) is 6.72. The van der Waals surface area contributed by atoms with E-state index in [2.05, 4.69) is 33.4 Å². The Hall–Kier alpha value is -1.36. The van der Waals surface area contributed by atoms with Crippen LogP contribution in [-0.4, -0.2) is 37.4 Å². The fourth-order valence-electron chi connectivity index (χ4n) is 2.24. The summed E-state index contributed by atoms with van der Waals surface area (Å²) in [4.78, 5) is 24.9. The van der Waals surface area contributed by atoms with Crippen LogP contribution < -0.4 is 5.32 Å². The normalized spacial score (nSPS) is 20.4. The maximum atomic E-state index is 12.0. The molecule has 4 nitrogen and oxygen atoms in total. The Morgan fingerprint density at radius 3 is 2.80 bits per heavy atom. The van der Waals surface area contributed by atoms with Crippen LogP contribution in [0.4, 0.5) is 0 Å².